The molecule has 172 valence electrons. The van der Waals surface area contributed by atoms with E-state index in [1.165, 1.54) is 16.9 Å². The zero-order chi connectivity index (χ0) is 24.0. The first-order valence-electron chi connectivity index (χ1n) is 9.63. The number of rotatable bonds is 4. The average molecular weight is 534 g/mol. The first kappa shape index (κ1) is 21.9. The van der Waals surface area contributed by atoms with Gasteiger partial charge in [-0.05, 0) is 28.1 Å². The molecule has 0 aliphatic rings. The molecule has 34 heavy (non-hydrogen) atoms. The number of hydrogen-bond acceptors (Lipinski definition) is 7. The van der Waals surface area contributed by atoms with Gasteiger partial charge >= 0.3 is 6.18 Å². The molecule has 0 fully saturated rings. The molecule has 0 radical (unpaired) electrons. The first-order valence-corrected chi connectivity index (χ1v) is 10.4. The summed E-state index contributed by atoms with van der Waals surface area (Å²) in [7, 11) is 0. The molecule has 0 atom stereocenters. The van der Waals surface area contributed by atoms with Crippen molar-refractivity contribution in [1.29, 1.82) is 0 Å². The van der Waals surface area contributed by atoms with Crippen LogP contribution in [0.3, 0.4) is 0 Å². The van der Waals surface area contributed by atoms with Crippen molar-refractivity contribution in [2.45, 2.75) is 12.6 Å². The van der Waals surface area contributed by atoms with E-state index in [0.29, 0.717) is 32.7 Å². The molecule has 4 heterocycles. The van der Waals surface area contributed by atoms with Crippen LogP contribution in [0.25, 0.3) is 27.9 Å². The Labute approximate surface area is 196 Å². The molecule has 1 aromatic carbocycles. The monoisotopic (exact) mass is 533 g/mol. The van der Waals surface area contributed by atoms with E-state index in [1.54, 1.807) is 24.3 Å². The number of anilines is 1. The van der Waals surface area contributed by atoms with Gasteiger partial charge in [0.05, 0.1) is 12.1 Å². The predicted molar refractivity (Wildman–Crippen MR) is 116 cm³/mol. The molecule has 0 saturated carbocycles. The Kier molecular flexibility index (Phi) is 5.27. The van der Waals surface area contributed by atoms with Crippen LogP contribution in [0.4, 0.5) is 23.4 Å². The summed E-state index contributed by atoms with van der Waals surface area (Å²) in [5.41, 5.74) is 8.26. The first-order chi connectivity index (χ1) is 16.2. The van der Waals surface area contributed by atoms with Gasteiger partial charge in [0.25, 0.3) is 0 Å². The molecular weight excluding hydrogens is 522 g/mol. The normalized spacial score (nSPS) is 11.9. The minimum absolute atomic E-state index is 0.0986. The molecule has 0 saturated heterocycles. The third-order valence-electron chi connectivity index (χ3n) is 5.03. The number of alkyl halides is 3. The van der Waals surface area contributed by atoms with E-state index < -0.39 is 17.8 Å². The van der Waals surface area contributed by atoms with Crippen LogP contribution in [0.2, 0.25) is 0 Å². The second-order valence-corrected chi connectivity index (χ2v) is 7.96. The Morgan fingerprint density at radius 1 is 1.09 bits per heavy atom. The van der Waals surface area contributed by atoms with Crippen molar-refractivity contribution in [3.63, 3.8) is 0 Å². The van der Waals surface area contributed by atoms with Gasteiger partial charge in [0, 0.05) is 39.6 Å². The average Bonchev–Trinajstić information content (AvgIpc) is 3.38. The van der Waals surface area contributed by atoms with Crippen LogP contribution in [0.5, 0.6) is 0 Å². The number of nitrogens with two attached hydrogens (primary N) is 1. The van der Waals surface area contributed by atoms with Crippen molar-refractivity contribution in [3.8, 4) is 22.4 Å². The Morgan fingerprint density at radius 3 is 2.53 bits per heavy atom. The lowest BCUT2D eigenvalue weighted by atomic mass is 10.1. The highest BCUT2D eigenvalue weighted by atomic mass is 79.9. The lowest BCUT2D eigenvalue weighted by Gasteiger charge is -2.06. The number of nitrogens with zero attached hydrogens (tertiary/aromatic N) is 6. The maximum atomic E-state index is 14.1. The summed E-state index contributed by atoms with van der Waals surface area (Å²) in [4.78, 5) is 10.9. The maximum Gasteiger partial charge on any atom is 0.451 e. The van der Waals surface area contributed by atoms with Gasteiger partial charge in [0.15, 0.2) is 5.82 Å². The van der Waals surface area contributed by atoms with E-state index in [-0.39, 0.29) is 23.4 Å². The summed E-state index contributed by atoms with van der Waals surface area (Å²) in [5.74, 6) is -1.21. The van der Waals surface area contributed by atoms with Crippen LogP contribution in [0.1, 0.15) is 17.3 Å². The van der Waals surface area contributed by atoms with Crippen LogP contribution < -0.4 is 5.73 Å². The highest BCUT2D eigenvalue weighted by Gasteiger charge is 2.34. The van der Waals surface area contributed by atoms with E-state index in [9.17, 15) is 17.6 Å². The smallest absolute Gasteiger partial charge is 0.382 e. The molecule has 5 aromatic rings. The lowest BCUT2D eigenvalue weighted by molar-refractivity contribution is -0.144. The standard InChI is InChI=1S/C21H12BrF4N7O/c22-17-15(6-11-5-14(32-34-11)12-3-1-2-4-13(12)23)33-18(19(27)30-9-31-33)16(17)10-7-28-20(29-8-10)21(24,25)26/h1-5,7-9H,6H2,(H2,27,30,31). The van der Waals surface area contributed by atoms with Gasteiger partial charge in [-0.3, -0.25) is 0 Å². The molecule has 2 N–H and O–H groups in total. The number of aromatic nitrogens is 6. The van der Waals surface area contributed by atoms with Gasteiger partial charge in [-0.1, -0.05) is 17.3 Å². The van der Waals surface area contributed by atoms with Crippen molar-refractivity contribution in [2.75, 3.05) is 5.73 Å². The number of fused-ring (bicyclic) bond motifs is 1. The summed E-state index contributed by atoms with van der Waals surface area (Å²) in [5, 5.41) is 8.18. The summed E-state index contributed by atoms with van der Waals surface area (Å²) in [6.07, 6.45) is -1.17. The van der Waals surface area contributed by atoms with E-state index in [0.717, 1.165) is 12.4 Å². The molecule has 8 nitrogen and oxygen atoms in total. The van der Waals surface area contributed by atoms with E-state index in [4.69, 9.17) is 10.3 Å². The third kappa shape index (κ3) is 3.77. The van der Waals surface area contributed by atoms with Crippen LogP contribution in [-0.4, -0.2) is 29.7 Å². The van der Waals surface area contributed by atoms with Gasteiger partial charge < -0.3 is 10.3 Å². The zero-order valence-corrected chi connectivity index (χ0v) is 18.5. The molecule has 0 aliphatic heterocycles. The van der Waals surface area contributed by atoms with Crippen LogP contribution in [-0.2, 0) is 12.6 Å². The van der Waals surface area contributed by atoms with Crippen LogP contribution >= 0.6 is 15.9 Å². The number of hydrogen-bond donors (Lipinski definition) is 1. The second-order valence-electron chi connectivity index (χ2n) is 7.17. The molecular formula is C21H12BrF4N7O. The Morgan fingerprint density at radius 2 is 1.82 bits per heavy atom. The fourth-order valence-electron chi connectivity index (χ4n) is 3.52. The van der Waals surface area contributed by atoms with Crippen LogP contribution in [0, 0.1) is 5.82 Å². The van der Waals surface area contributed by atoms with Gasteiger partial charge in [-0.15, -0.1) is 0 Å². The fraction of sp³-hybridized carbons (Fsp3) is 0.0952. The minimum atomic E-state index is -4.67. The molecule has 4 aromatic heterocycles. The van der Waals surface area contributed by atoms with Crippen molar-refractivity contribution in [2.24, 2.45) is 0 Å². The van der Waals surface area contributed by atoms with Gasteiger partial charge in [0.2, 0.25) is 5.82 Å². The Balaban J connectivity index is 1.59. The maximum absolute atomic E-state index is 14.1. The van der Waals surface area contributed by atoms with E-state index in [2.05, 4.69) is 41.1 Å². The summed E-state index contributed by atoms with van der Waals surface area (Å²) < 4.78 is 60.2. The molecule has 0 spiro atoms. The number of nitrogen functional groups attached to an aromatic ring is 1. The third-order valence-corrected chi connectivity index (χ3v) is 5.88. The van der Waals surface area contributed by atoms with Crippen molar-refractivity contribution in [3.05, 3.63) is 76.6 Å². The number of benzene rings is 1. The summed E-state index contributed by atoms with van der Waals surface area (Å²) in [6.45, 7) is 0. The second kappa shape index (κ2) is 8.17. The van der Waals surface area contributed by atoms with Gasteiger partial charge in [0.1, 0.15) is 29.1 Å². The lowest BCUT2D eigenvalue weighted by Crippen LogP contribution is -2.10. The SMILES string of the molecule is Nc1ncnn2c(Cc3cc(-c4ccccc4F)no3)c(Br)c(-c3cnc(C(F)(F)F)nc3)c12. The van der Waals surface area contributed by atoms with E-state index in [1.807, 2.05) is 0 Å². The van der Waals surface area contributed by atoms with Gasteiger partial charge in [-0.2, -0.15) is 18.3 Å². The molecule has 0 bridgehead atoms. The molecule has 5 rings (SSSR count). The van der Waals surface area contributed by atoms with Crippen molar-refractivity contribution in [1.82, 2.24) is 29.7 Å². The molecule has 0 aliphatic carbocycles. The largest absolute Gasteiger partial charge is 0.451 e. The Hall–Kier alpha value is -3.87. The summed E-state index contributed by atoms with van der Waals surface area (Å²) >= 11 is 3.50. The zero-order valence-electron chi connectivity index (χ0n) is 16.9. The minimum Gasteiger partial charge on any atom is -0.382 e. The molecule has 13 heteroatoms. The Bertz CT molecular complexity index is 1510. The molecule has 0 unspecified atom stereocenters. The number of halogens is 5. The fourth-order valence-corrected chi connectivity index (χ4v) is 4.25. The quantitative estimate of drug-likeness (QED) is 0.326. The molecule has 0 amide bonds. The van der Waals surface area contributed by atoms with Crippen molar-refractivity contribution < 1.29 is 22.1 Å². The van der Waals surface area contributed by atoms with E-state index >= 15 is 0 Å². The van der Waals surface area contributed by atoms with Crippen LogP contribution in [0.15, 0.2) is 58.0 Å². The topological polar surface area (TPSA) is 108 Å². The predicted octanol–water partition coefficient (Wildman–Crippen LogP) is 4.93. The summed E-state index contributed by atoms with van der Waals surface area (Å²) in [6, 6.07) is 7.74. The highest BCUT2D eigenvalue weighted by Crippen LogP contribution is 2.40. The van der Waals surface area contributed by atoms with Gasteiger partial charge in [-0.25, -0.2) is 23.9 Å². The highest BCUT2D eigenvalue weighted by molar-refractivity contribution is 9.10. The van der Waals surface area contributed by atoms with Crippen molar-refractivity contribution >= 4 is 27.3 Å².